The standard InChI is InChI=1S/C22H14ClF3N2O2/c1-12-2-4-13(5-3-12)20-16-10-14(6-9-19(16)28-30-20)21(29)27-15-7-8-18(23)17(11-15)22(24,25)26/h2-11H,1H3,(H,27,29). The van der Waals surface area contributed by atoms with Gasteiger partial charge in [-0.3, -0.25) is 4.79 Å². The number of amides is 1. The van der Waals surface area contributed by atoms with Crippen LogP contribution in [0.5, 0.6) is 0 Å². The number of nitrogens with one attached hydrogen (secondary N) is 1. The Morgan fingerprint density at radius 2 is 1.77 bits per heavy atom. The third-order valence-corrected chi connectivity index (χ3v) is 4.91. The lowest BCUT2D eigenvalue weighted by Crippen LogP contribution is -2.13. The summed E-state index contributed by atoms with van der Waals surface area (Å²) in [5.74, 6) is -0.0612. The first-order chi connectivity index (χ1) is 14.2. The smallest absolute Gasteiger partial charge is 0.355 e. The number of benzene rings is 3. The molecule has 8 heteroatoms. The molecule has 3 aromatic carbocycles. The van der Waals surface area contributed by atoms with Gasteiger partial charge in [-0.15, -0.1) is 0 Å². The van der Waals surface area contributed by atoms with E-state index < -0.39 is 22.7 Å². The highest BCUT2D eigenvalue weighted by atomic mass is 35.5. The average molecular weight is 431 g/mol. The number of carbonyl (C=O) groups excluding carboxylic acids is 1. The number of hydrogen-bond donors (Lipinski definition) is 1. The van der Waals surface area contributed by atoms with Gasteiger partial charge in [-0.2, -0.15) is 13.2 Å². The van der Waals surface area contributed by atoms with Gasteiger partial charge >= 0.3 is 6.18 Å². The van der Waals surface area contributed by atoms with Crippen LogP contribution in [0.1, 0.15) is 21.5 Å². The first kappa shape index (κ1) is 20.0. The second-order valence-corrected chi connectivity index (χ2v) is 7.16. The minimum atomic E-state index is -4.62. The Bertz CT molecular complexity index is 1250. The molecule has 4 rings (SSSR count). The Morgan fingerprint density at radius 3 is 2.47 bits per heavy atom. The number of aryl methyl sites for hydroxylation is 1. The Morgan fingerprint density at radius 1 is 1.03 bits per heavy atom. The van der Waals surface area contributed by atoms with Crippen LogP contribution in [0.25, 0.3) is 22.2 Å². The third kappa shape index (κ3) is 3.89. The molecule has 0 aliphatic heterocycles. The lowest BCUT2D eigenvalue weighted by molar-refractivity contribution is -0.137. The molecule has 0 radical (unpaired) electrons. The molecule has 1 aromatic heterocycles. The van der Waals surface area contributed by atoms with Crippen molar-refractivity contribution in [2.45, 2.75) is 13.1 Å². The van der Waals surface area contributed by atoms with Crippen molar-refractivity contribution < 1.29 is 22.5 Å². The van der Waals surface area contributed by atoms with E-state index in [1.54, 1.807) is 12.1 Å². The molecule has 1 N–H and O–H groups in total. The van der Waals surface area contributed by atoms with Gasteiger partial charge in [-0.25, -0.2) is 0 Å². The van der Waals surface area contributed by atoms with Crippen molar-refractivity contribution in [2.75, 3.05) is 5.32 Å². The first-order valence-electron chi connectivity index (χ1n) is 8.87. The number of carbonyl (C=O) groups is 1. The molecule has 0 bridgehead atoms. The molecule has 152 valence electrons. The lowest BCUT2D eigenvalue weighted by atomic mass is 10.0. The maximum Gasteiger partial charge on any atom is 0.417 e. The third-order valence-electron chi connectivity index (χ3n) is 4.58. The molecule has 4 nitrogen and oxygen atoms in total. The maximum atomic E-state index is 13.0. The fourth-order valence-corrected chi connectivity index (χ4v) is 3.24. The highest BCUT2D eigenvalue weighted by Gasteiger charge is 2.33. The molecule has 0 aliphatic rings. The number of halogens is 4. The van der Waals surface area contributed by atoms with E-state index in [9.17, 15) is 18.0 Å². The predicted octanol–water partition coefficient (Wildman–Crippen LogP) is 6.73. The molecule has 0 aliphatic carbocycles. The summed E-state index contributed by atoms with van der Waals surface area (Å²) in [5, 5.41) is 6.66. The van der Waals surface area contributed by atoms with Gasteiger partial charge in [0.15, 0.2) is 5.76 Å². The monoisotopic (exact) mass is 430 g/mol. The van der Waals surface area contributed by atoms with E-state index in [1.165, 1.54) is 12.1 Å². The Hall–Kier alpha value is -3.32. The van der Waals surface area contributed by atoms with E-state index in [0.717, 1.165) is 23.3 Å². The van der Waals surface area contributed by atoms with E-state index >= 15 is 0 Å². The van der Waals surface area contributed by atoms with Gasteiger partial charge < -0.3 is 9.84 Å². The number of alkyl halides is 3. The van der Waals surface area contributed by atoms with E-state index in [-0.39, 0.29) is 11.3 Å². The molecule has 0 spiro atoms. The van der Waals surface area contributed by atoms with Crippen LogP contribution in [-0.4, -0.2) is 11.1 Å². The van der Waals surface area contributed by atoms with Gasteiger partial charge in [-0.05, 0) is 43.3 Å². The van der Waals surface area contributed by atoms with Gasteiger partial charge in [0, 0.05) is 16.8 Å². The summed E-state index contributed by atoms with van der Waals surface area (Å²) in [6, 6.07) is 15.6. The van der Waals surface area contributed by atoms with Crippen molar-refractivity contribution in [1.29, 1.82) is 0 Å². The van der Waals surface area contributed by atoms with Gasteiger partial charge in [0.2, 0.25) is 0 Å². The van der Waals surface area contributed by atoms with Crippen LogP contribution >= 0.6 is 11.6 Å². The van der Waals surface area contributed by atoms with Crippen LogP contribution in [0.3, 0.4) is 0 Å². The van der Waals surface area contributed by atoms with Crippen molar-refractivity contribution in [3.8, 4) is 11.3 Å². The van der Waals surface area contributed by atoms with Crippen molar-refractivity contribution in [1.82, 2.24) is 5.16 Å². The Kier molecular flexibility index (Phi) is 4.99. The topological polar surface area (TPSA) is 55.1 Å². The molecule has 0 unspecified atom stereocenters. The second-order valence-electron chi connectivity index (χ2n) is 6.76. The van der Waals surface area contributed by atoms with Gasteiger partial charge in [0.25, 0.3) is 5.91 Å². The minimum absolute atomic E-state index is 0.0131. The van der Waals surface area contributed by atoms with Crippen LogP contribution in [-0.2, 0) is 6.18 Å². The molecule has 0 atom stereocenters. The van der Waals surface area contributed by atoms with Crippen LogP contribution in [0.2, 0.25) is 5.02 Å². The van der Waals surface area contributed by atoms with Crippen LogP contribution in [0, 0.1) is 6.92 Å². The number of rotatable bonds is 3. The molecule has 30 heavy (non-hydrogen) atoms. The SMILES string of the molecule is Cc1ccc(-c2onc3ccc(C(=O)Nc4ccc(Cl)c(C(F)(F)F)c4)cc23)cc1. The molecule has 4 aromatic rings. The number of hydrogen-bond acceptors (Lipinski definition) is 3. The number of fused-ring (bicyclic) bond motifs is 1. The second kappa shape index (κ2) is 7.50. The van der Waals surface area contributed by atoms with Crippen LogP contribution in [0.15, 0.2) is 65.2 Å². The molecule has 0 saturated heterocycles. The fourth-order valence-electron chi connectivity index (χ4n) is 3.02. The minimum Gasteiger partial charge on any atom is -0.355 e. The summed E-state index contributed by atoms with van der Waals surface area (Å²) in [6.07, 6.45) is -4.62. The lowest BCUT2D eigenvalue weighted by Gasteiger charge is -2.12. The summed E-state index contributed by atoms with van der Waals surface area (Å²) in [7, 11) is 0. The van der Waals surface area contributed by atoms with Gasteiger partial charge in [0.1, 0.15) is 5.52 Å². The van der Waals surface area contributed by atoms with Gasteiger partial charge in [-0.1, -0.05) is 46.6 Å². The maximum absolute atomic E-state index is 13.0. The Balaban J connectivity index is 1.66. The summed E-state index contributed by atoms with van der Waals surface area (Å²) in [6.45, 7) is 1.96. The van der Waals surface area contributed by atoms with Crippen LogP contribution < -0.4 is 5.32 Å². The van der Waals surface area contributed by atoms with Gasteiger partial charge in [0.05, 0.1) is 16.0 Å². The summed E-state index contributed by atoms with van der Waals surface area (Å²) < 4.78 is 44.6. The van der Waals surface area contributed by atoms with Crippen molar-refractivity contribution >= 4 is 34.1 Å². The number of aromatic nitrogens is 1. The van der Waals surface area contributed by atoms with Crippen molar-refractivity contribution in [3.63, 3.8) is 0 Å². The van der Waals surface area contributed by atoms with E-state index in [2.05, 4.69) is 10.5 Å². The summed E-state index contributed by atoms with van der Waals surface area (Å²) >= 11 is 5.62. The highest BCUT2D eigenvalue weighted by molar-refractivity contribution is 6.31. The van der Waals surface area contributed by atoms with Crippen LogP contribution in [0.4, 0.5) is 18.9 Å². The van der Waals surface area contributed by atoms with E-state index in [0.29, 0.717) is 16.7 Å². The zero-order valence-corrected chi connectivity index (χ0v) is 16.3. The normalized spacial score (nSPS) is 11.6. The molecule has 0 fully saturated rings. The fraction of sp³-hybridized carbons (Fsp3) is 0.0909. The zero-order chi connectivity index (χ0) is 21.5. The van der Waals surface area contributed by atoms with E-state index in [4.69, 9.17) is 16.1 Å². The predicted molar refractivity (Wildman–Crippen MR) is 109 cm³/mol. The molecule has 0 saturated carbocycles. The highest BCUT2D eigenvalue weighted by Crippen LogP contribution is 2.36. The van der Waals surface area contributed by atoms with Crippen molar-refractivity contribution in [2.24, 2.45) is 0 Å². The average Bonchev–Trinajstić information content (AvgIpc) is 3.12. The molecule has 1 heterocycles. The Labute approximate surface area is 174 Å². The number of anilines is 1. The van der Waals surface area contributed by atoms with Crippen molar-refractivity contribution in [3.05, 3.63) is 82.4 Å². The summed E-state index contributed by atoms with van der Waals surface area (Å²) in [5.41, 5.74) is 1.67. The van der Waals surface area contributed by atoms with E-state index in [1.807, 2.05) is 31.2 Å². The molecular weight excluding hydrogens is 417 g/mol. The first-order valence-corrected chi connectivity index (χ1v) is 9.25. The summed E-state index contributed by atoms with van der Waals surface area (Å²) in [4.78, 5) is 12.6. The number of nitrogens with zero attached hydrogens (tertiary/aromatic N) is 1. The quantitative estimate of drug-likeness (QED) is 0.392. The molecule has 1 amide bonds. The molecular formula is C22H14ClF3N2O2. The largest absolute Gasteiger partial charge is 0.417 e. The zero-order valence-electron chi connectivity index (χ0n) is 15.5.